The maximum Gasteiger partial charge on any atom is 0.156 e. The molecule has 4 nitrogen and oxygen atoms in total. The van der Waals surface area contributed by atoms with Gasteiger partial charge in [-0.2, -0.15) is 0 Å². The van der Waals surface area contributed by atoms with Crippen molar-refractivity contribution < 1.29 is 9.18 Å². The Labute approximate surface area is 114 Å². The van der Waals surface area contributed by atoms with Crippen LogP contribution in [0.1, 0.15) is 17.3 Å². The standard InChI is InChI=1S/C13H11ClFN3O/c1-2-18(10-5-3-9(15)4-6-10)13-11(7-19)12(14)16-8-17-13/h3-8H,2H2,1H3. The summed E-state index contributed by atoms with van der Waals surface area (Å²) < 4.78 is 12.9. The Hall–Kier alpha value is -2.01. The van der Waals surface area contributed by atoms with Crippen molar-refractivity contribution in [3.63, 3.8) is 0 Å². The van der Waals surface area contributed by atoms with E-state index in [4.69, 9.17) is 11.6 Å². The molecule has 0 aliphatic carbocycles. The van der Waals surface area contributed by atoms with Crippen LogP contribution in [0.2, 0.25) is 5.15 Å². The first-order valence-corrected chi connectivity index (χ1v) is 6.04. The van der Waals surface area contributed by atoms with E-state index in [1.807, 2.05) is 6.92 Å². The van der Waals surface area contributed by atoms with Crippen LogP contribution in [0.15, 0.2) is 30.6 Å². The summed E-state index contributed by atoms with van der Waals surface area (Å²) in [5.41, 5.74) is 0.942. The first kappa shape index (κ1) is 13.4. The fourth-order valence-electron chi connectivity index (χ4n) is 1.76. The molecule has 0 atom stereocenters. The lowest BCUT2D eigenvalue weighted by molar-refractivity contribution is 0.112. The molecule has 0 saturated carbocycles. The Morgan fingerprint density at radius 2 is 2.00 bits per heavy atom. The molecule has 0 unspecified atom stereocenters. The molecule has 0 amide bonds. The number of carbonyl (C=O) groups is 1. The van der Waals surface area contributed by atoms with Crippen molar-refractivity contribution in [3.05, 3.63) is 47.1 Å². The molecule has 0 saturated heterocycles. The number of anilines is 2. The molecule has 0 aliphatic heterocycles. The summed E-state index contributed by atoms with van der Waals surface area (Å²) >= 11 is 5.87. The third-order valence-corrected chi connectivity index (χ3v) is 2.94. The van der Waals surface area contributed by atoms with Crippen LogP contribution in [0.4, 0.5) is 15.9 Å². The fourth-order valence-corrected chi connectivity index (χ4v) is 1.93. The maximum atomic E-state index is 12.9. The van der Waals surface area contributed by atoms with Gasteiger partial charge in [-0.3, -0.25) is 4.79 Å². The molecule has 0 radical (unpaired) electrons. The quantitative estimate of drug-likeness (QED) is 0.637. The normalized spacial score (nSPS) is 10.3. The Morgan fingerprint density at radius 1 is 1.32 bits per heavy atom. The van der Waals surface area contributed by atoms with Crippen molar-refractivity contribution in [1.29, 1.82) is 0 Å². The molecule has 6 heteroatoms. The van der Waals surface area contributed by atoms with Crippen molar-refractivity contribution in [3.8, 4) is 0 Å². The van der Waals surface area contributed by atoms with Crippen LogP contribution in [-0.4, -0.2) is 22.8 Å². The molecule has 98 valence electrons. The van der Waals surface area contributed by atoms with Crippen LogP contribution in [0.25, 0.3) is 0 Å². The summed E-state index contributed by atoms with van der Waals surface area (Å²) in [7, 11) is 0. The zero-order valence-electron chi connectivity index (χ0n) is 10.2. The molecule has 19 heavy (non-hydrogen) atoms. The summed E-state index contributed by atoms with van der Waals surface area (Å²) in [4.78, 5) is 20.7. The lowest BCUT2D eigenvalue weighted by atomic mass is 10.2. The van der Waals surface area contributed by atoms with E-state index >= 15 is 0 Å². The molecule has 2 aromatic rings. The number of carbonyl (C=O) groups excluding carboxylic acids is 1. The molecular formula is C13H11ClFN3O. The van der Waals surface area contributed by atoms with Crippen molar-refractivity contribution in [2.24, 2.45) is 0 Å². The summed E-state index contributed by atoms with van der Waals surface area (Å²) in [6, 6.07) is 5.93. The maximum absolute atomic E-state index is 12.9. The predicted molar refractivity (Wildman–Crippen MR) is 71.5 cm³/mol. The molecule has 0 fully saturated rings. The summed E-state index contributed by atoms with van der Waals surface area (Å²) in [5, 5.41) is 0.0977. The third kappa shape index (κ3) is 2.71. The van der Waals surface area contributed by atoms with E-state index in [1.165, 1.54) is 18.5 Å². The molecule has 1 heterocycles. The summed E-state index contributed by atoms with van der Waals surface area (Å²) in [5.74, 6) is 0.0836. The largest absolute Gasteiger partial charge is 0.326 e. The summed E-state index contributed by atoms with van der Waals surface area (Å²) in [6.45, 7) is 2.45. The molecule has 0 N–H and O–H groups in total. The zero-order chi connectivity index (χ0) is 13.8. The van der Waals surface area contributed by atoms with Gasteiger partial charge in [0.15, 0.2) is 6.29 Å². The average Bonchev–Trinajstić information content (AvgIpc) is 2.42. The van der Waals surface area contributed by atoms with Crippen LogP contribution in [0.3, 0.4) is 0 Å². The average molecular weight is 280 g/mol. The van der Waals surface area contributed by atoms with Gasteiger partial charge in [-0.1, -0.05) is 11.6 Å². The van der Waals surface area contributed by atoms with E-state index in [-0.39, 0.29) is 16.5 Å². The first-order valence-electron chi connectivity index (χ1n) is 5.66. The number of hydrogen-bond donors (Lipinski definition) is 0. The third-order valence-electron chi connectivity index (χ3n) is 2.64. The van der Waals surface area contributed by atoms with Crippen molar-refractivity contribution in [2.45, 2.75) is 6.92 Å². The van der Waals surface area contributed by atoms with Gasteiger partial charge in [-0.25, -0.2) is 14.4 Å². The van der Waals surface area contributed by atoms with Gasteiger partial charge in [-0.15, -0.1) is 0 Å². The number of aromatic nitrogens is 2. The van der Waals surface area contributed by atoms with Gasteiger partial charge in [-0.05, 0) is 31.2 Å². The minimum Gasteiger partial charge on any atom is -0.326 e. The van der Waals surface area contributed by atoms with Gasteiger partial charge in [0.05, 0.1) is 5.56 Å². The summed E-state index contributed by atoms with van der Waals surface area (Å²) in [6.07, 6.45) is 1.90. The monoisotopic (exact) mass is 279 g/mol. The van der Waals surface area contributed by atoms with Crippen molar-refractivity contribution in [2.75, 3.05) is 11.4 Å². The Bertz CT molecular complexity index is 589. The van der Waals surface area contributed by atoms with Gasteiger partial charge in [0.1, 0.15) is 23.1 Å². The second-order valence-corrected chi connectivity index (χ2v) is 4.10. The minimum atomic E-state index is -0.323. The van der Waals surface area contributed by atoms with Gasteiger partial charge < -0.3 is 4.90 Å². The number of benzene rings is 1. The minimum absolute atomic E-state index is 0.0977. The highest BCUT2D eigenvalue weighted by Crippen LogP contribution is 2.28. The first-order chi connectivity index (χ1) is 9.17. The van der Waals surface area contributed by atoms with Crippen LogP contribution in [-0.2, 0) is 0 Å². The van der Waals surface area contributed by atoms with Gasteiger partial charge in [0, 0.05) is 12.2 Å². The number of nitrogens with zero attached hydrogens (tertiary/aromatic N) is 3. The lowest BCUT2D eigenvalue weighted by Crippen LogP contribution is -2.19. The van der Waals surface area contributed by atoms with Gasteiger partial charge in [0.2, 0.25) is 0 Å². The van der Waals surface area contributed by atoms with Crippen LogP contribution < -0.4 is 4.90 Å². The van der Waals surface area contributed by atoms with Crippen LogP contribution in [0.5, 0.6) is 0 Å². The Morgan fingerprint density at radius 3 is 2.58 bits per heavy atom. The zero-order valence-corrected chi connectivity index (χ0v) is 10.9. The molecule has 1 aromatic heterocycles. The number of rotatable bonds is 4. The Kier molecular flexibility index (Phi) is 4.06. The molecule has 2 rings (SSSR count). The molecule has 0 aliphatic rings. The topological polar surface area (TPSA) is 46.1 Å². The number of aldehydes is 1. The van der Waals surface area contributed by atoms with Crippen LogP contribution >= 0.6 is 11.6 Å². The number of hydrogen-bond acceptors (Lipinski definition) is 4. The van der Waals surface area contributed by atoms with E-state index in [9.17, 15) is 9.18 Å². The van der Waals surface area contributed by atoms with Crippen LogP contribution in [0, 0.1) is 5.82 Å². The highest BCUT2D eigenvalue weighted by Gasteiger charge is 2.16. The highest BCUT2D eigenvalue weighted by atomic mass is 35.5. The van der Waals surface area contributed by atoms with Gasteiger partial charge >= 0.3 is 0 Å². The molecule has 0 bridgehead atoms. The predicted octanol–water partition coefficient (Wildman–Crippen LogP) is 3.24. The van der Waals surface area contributed by atoms with E-state index < -0.39 is 0 Å². The Balaban J connectivity index is 2.51. The fraction of sp³-hybridized carbons (Fsp3) is 0.154. The molecule has 1 aromatic carbocycles. The van der Waals surface area contributed by atoms with Crippen molar-refractivity contribution >= 4 is 29.4 Å². The SMILES string of the molecule is CCN(c1ccc(F)cc1)c1ncnc(Cl)c1C=O. The lowest BCUT2D eigenvalue weighted by Gasteiger charge is -2.23. The van der Waals surface area contributed by atoms with E-state index in [0.717, 1.165) is 5.69 Å². The molecular weight excluding hydrogens is 269 g/mol. The van der Waals surface area contributed by atoms with E-state index in [2.05, 4.69) is 9.97 Å². The molecule has 0 spiro atoms. The van der Waals surface area contributed by atoms with E-state index in [0.29, 0.717) is 18.6 Å². The van der Waals surface area contributed by atoms with E-state index in [1.54, 1.807) is 17.0 Å². The highest BCUT2D eigenvalue weighted by molar-refractivity contribution is 6.32. The second kappa shape index (κ2) is 5.75. The number of halogens is 2. The smallest absolute Gasteiger partial charge is 0.156 e. The second-order valence-electron chi connectivity index (χ2n) is 3.74. The van der Waals surface area contributed by atoms with Crippen molar-refractivity contribution in [1.82, 2.24) is 9.97 Å². The van der Waals surface area contributed by atoms with Gasteiger partial charge in [0.25, 0.3) is 0 Å².